The lowest BCUT2D eigenvalue weighted by Crippen LogP contribution is -2.47. The summed E-state index contributed by atoms with van der Waals surface area (Å²) in [5, 5.41) is 11.2. The Morgan fingerprint density at radius 2 is 2.39 bits per heavy atom. The number of H-pyrrole nitrogens is 1. The lowest BCUT2D eigenvalue weighted by Gasteiger charge is -2.38. The molecule has 1 aliphatic heterocycles. The van der Waals surface area contributed by atoms with Crippen molar-refractivity contribution in [3.8, 4) is 0 Å². The first-order valence-corrected chi connectivity index (χ1v) is 5.88. The fourth-order valence-corrected chi connectivity index (χ4v) is 2.04. The average molecular weight is 249 g/mol. The molecule has 2 N–H and O–H groups in total. The maximum atomic E-state index is 11.5. The molecule has 96 valence electrons. The molecule has 7 heteroatoms. The summed E-state index contributed by atoms with van der Waals surface area (Å²) in [6, 6.07) is 0. The molecule has 0 aliphatic carbocycles. The summed E-state index contributed by atoms with van der Waals surface area (Å²) in [6.07, 6.45) is 3.34. The van der Waals surface area contributed by atoms with Gasteiger partial charge in [0.25, 0.3) is 5.56 Å². The Bertz CT molecular complexity index is 613. The van der Waals surface area contributed by atoms with E-state index < -0.39 is 0 Å². The monoisotopic (exact) mass is 249 g/mol. The number of aromatic amines is 1. The van der Waals surface area contributed by atoms with Gasteiger partial charge in [0.05, 0.1) is 19.8 Å². The van der Waals surface area contributed by atoms with E-state index in [0.717, 1.165) is 25.6 Å². The van der Waals surface area contributed by atoms with E-state index in [0.29, 0.717) is 12.2 Å². The van der Waals surface area contributed by atoms with Gasteiger partial charge in [0.15, 0.2) is 5.82 Å². The third-order valence-electron chi connectivity index (χ3n) is 3.14. The highest BCUT2D eigenvalue weighted by Crippen LogP contribution is 2.25. The normalized spacial score (nSPS) is 17.8. The van der Waals surface area contributed by atoms with Gasteiger partial charge in [-0.3, -0.25) is 9.20 Å². The van der Waals surface area contributed by atoms with Gasteiger partial charge in [-0.15, -0.1) is 10.2 Å². The number of aromatic nitrogens is 4. The van der Waals surface area contributed by atoms with Crippen LogP contribution in [-0.4, -0.2) is 39.3 Å². The van der Waals surface area contributed by atoms with Crippen LogP contribution in [0.4, 0.5) is 0 Å². The molecule has 0 bridgehead atoms. The van der Waals surface area contributed by atoms with Crippen molar-refractivity contribution in [2.75, 3.05) is 19.8 Å². The summed E-state index contributed by atoms with van der Waals surface area (Å²) < 4.78 is 6.89. The minimum atomic E-state index is -0.226. The molecule has 0 atom stereocenters. The summed E-state index contributed by atoms with van der Waals surface area (Å²) in [4.78, 5) is 14.0. The van der Waals surface area contributed by atoms with Gasteiger partial charge >= 0.3 is 0 Å². The molecule has 0 amide bonds. The summed E-state index contributed by atoms with van der Waals surface area (Å²) in [6.45, 7) is 5.21. The lowest BCUT2D eigenvalue weighted by atomic mass is 9.89. The van der Waals surface area contributed by atoms with Gasteiger partial charge in [-0.25, -0.2) is 0 Å². The van der Waals surface area contributed by atoms with Crippen molar-refractivity contribution in [3.63, 3.8) is 0 Å². The van der Waals surface area contributed by atoms with E-state index in [1.807, 2.05) is 0 Å². The zero-order valence-electron chi connectivity index (χ0n) is 10.1. The molecule has 1 aliphatic rings. The summed E-state index contributed by atoms with van der Waals surface area (Å²) in [7, 11) is 0. The maximum absolute atomic E-state index is 11.5. The van der Waals surface area contributed by atoms with Crippen molar-refractivity contribution in [2.24, 2.45) is 5.41 Å². The van der Waals surface area contributed by atoms with Gasteiger partial charge in [0.1, 0.15) is 0 Å². The number of ether oxygens (including phenoxy) is 1. The van der Waals surface area contributed by atoms with Gasteiger partial charge in [-0.1, -0.05) is 6.92 Å². The van der Waals surface area contributed by atoms with E-state index >= 15 is 0 Å². The number of hydrogen-bond donors (Lipinski definition) is 2. The van der Waals surface area contributed by atoms with Crippen LogP contribution in [0.15, 0.2) is 17.2 Å². The molecule has 1 fully saturated rings. The Morgan fingerprint density at radius 1 is 1.56 bits per heavy atom. The van der Waals surface area contributed by atoms with E-state index in [1.54, 1.807) is 16.8 Å². The Morgan fingerprint density at radius 3 is 3.11 bits per heavy atom. The summed E-state index contributed by atoms with van der Waals surface area (Å²) in [5.41, 5.74) is 0.320. The third kappa shape index (κ3) is 1.91. The number of hydrogen-bond acceptors (Lipinski definition) is 5. The standard InChI is InChI=1S/C11H15N5O2/c1-11(6-18-7-11)5-12-4-8-14-15-9-10(17)13-2-3-16(8)9/h2-3,12H,4-7H2,1H3,(H,13,17). The van der Waals surface area contributed by atoms with Crippen LogP contribution in [0.3, 0.4) is 0 Å². The van der Waals surface area contributed by atoms with Crippen molar-refractivity contribution in [2.45, 2.75) is 13.5 Å². The molecule has 0 saturated carbocycles. The van der Waals surface area contributed by atoms with Crippen LogP contribution in [-0.2, 0) is 11.3 Å². The molecule has 0 unspecified atom stereocenters. The van der Waals surface area contributed by atoms with Crippen LogP contribution in [0.5, 0.6) is 0 Å². The molecule has 2 aromatic rings. The smallest absolute Gasteiger partial charge is 0.293 e. The average Bonchev–Trinajstić information content (AvgIpc) is 2.72. The number of fused-ring (bicyclic) bond motifs is 1. The van der Waals surface area contributed by atoms with E-state index in [-0.39, 0.29) is 11.0 Å². The summed E-state index contributed by atoms with van der Waals surface area (Å²) in [5.74, 6) is 0.736. The number of nitrogens with zero attached hydrogens (tertiary/aromatic N) is 3. The van der Waals surface area contributed by atoms with Crippen molar-refractivity contribution in [1.82, 2.24) is 24.9 Å². The van der Waals surface area contributed by atoms with Crippen molar-refractivity contribution >= 4 is 5.65 Å². The van der Waals surface area contributed by atoms with Crippen LogP contribution in [0.25, 0.3) is 5.65 Å². The predicted octanol–water partition coefficient (Wildman–Crippen LogP) is -0.456. The molecule has 0 aromatic carbocycles. The van der Waals surface area contributed by atoms with E-state index in [4.69, 9.17) is 4.74 Å². The van der Waals surface area contributed by atoms with Gasteiger partial charge in [-0.05, 0) is 0 Å². The second-order valence-corrected chi connectivity index (χ2v) is 5.01. The van der Waals surface area contributed by atoms with E-state index in [9.17, 15) is 4.79 Å². The minimum Gasteiger partial charge on any atom is -0.380 e. The molecule has 18 heavy (non-hydrogen) atoms. The van der Waals surface area contributed by atoms with Gasteiger partial charge in [-0.2, -0.15) is 0 Å². The van der Waals surface area contributed by atoms with Crippen LogP contribution < -0.4 is 10.9 Å². The highest BCUT2D eigenvalue weighted by molar-refractivity contribution is 5.33. The SMILES string of the molecule is CC1(CNCc2nnc3c(=O)[nH]ccn23)COC1. The maximum Gasteiger partial charge on any atom is 0.293 e. The Kier molecular flexibility index (Phi) is 2.64. The zero-order valence-corrected chi connectivity index (χ0v) is 10.1. The van der Waals surface area contributed by atoms with E-state index in [2.05, 4.69) is 27.4 Å². The molecule has 1 saturated heterocycles. The van der Waals surface area contributed by atoms with Crippen molar-refractivity contribution in [1.29, 1.82) is 0 Å². The largest absolute Gasteiger partial charge is 0.380 e. The van der Waals surface area contributed by atoms with Gasteiger partial charge < -0.3 is 15.0 Å². The minimum absolute atomic E-state index is 0.220. The highest BCUT2D eigenvalue weighted by atomic mass is 16.5. The molecular weight excluding hydrogens is 234 g/mol. The molecule has 2 aromatic heterocycles. The number of nitrogens with one attached hydrogen (secondary N) is 2. The molecule has 7 nitrogen and oxygen atoms in total. The second kappa shape index (κ2) is 4.18. The summed E-state index contributed by atoms with van der Waals surface area (Å²) >= 11 is 0. The van der Waals surface area contributed by atoms with Gasteiger partial charge in [0, 0.05) is 24.4 Å². The topological polar surface area (TPSA) is 84.3 Å². The van der Waals surface area contributed by atoms with Crippen molar-refractivity contribution < 1.29 is 4.74 Å². The molecule has 3 heterocycles. The Balaban J connectivity index is 1.71. The lowest BCUT2D eigenvalue weighted by molar-refractivity contribution is -0.0992. The van der Waals surface area contributed by atoms with Crippen LogP contribution in [0.2, 0.25) is 0 Å². The fourth-order valence-electron chi connectivity index (χ4n) is 2.04. The van der Waals surface area contributed by atoms with Crippen LogP contribution in [0, 0.1) is 5.41 Å². The van der Waals surface area contributed by atoms with Crippen LogP contribution >= 0.6 is 0 Å². The quantitative estimate of drug-likeness (QED) is 0.766. The predicted molar refractivity (Wildman–Crippen MR) is 64.2 cm³/mol. The van der Waals surface area contributed by atoms with Crippen LogP contribution in [0.1, 0.15) is 12.7 Å². The molecule has 3 rings (SSSR count). The Hall–Kier alpha value is -1.73. The van der Waals surface area contributed by atoms with Gasteiger partial charge in [0.2, 0.25) is 5.65 Å². The molecular formula is C11H15N5O2. The molecule has 0 spiro atoms. The second-order valence-electron chi connectivity index (χ2n) is 5.01. The first kappa shape index (κ1) is 11.4. The first-order valence-electron chi connectivity index (χ1n) is 5.88. The molecule has 0 radical (unpaired) electrons. The van der Waals surface area contributed by atoms with Crippen molar-refractivity contribution in [3.05, 3.63) is 28.6 Å². The fraction of sp³-hybridized carbons (Fsp3) is 0.545. The number of rotatable bonds is 4. The zero-order chi connectivity index (χ0) is 12.6. The van der Waals surface area contributed by atoms with E-state index in [1.165, 1.54) is 0 Å². The highest BCUT2D eigenvalue weighted by Gasteiger charge is 2.32. The third-order valence-corrected chi connectivity index (χ3v) is 3.14. The Labute approximate surface area is 103 Å². The first-order chi connectivity index (χ1) is 8.68.